The smallest absolute Gasteiger partial charge is 0.338 e. The van der Waals surface area contributed by atoms with Crippen LogP contribution in [0.1, 0.15) is 15.9 Å². The van der Waals surface area contributed by atoms with Crippen LogP contribution in [0.3, 0.4) is 0 Å². The SMILES string of the molecule is O=C(COC(=O)c1ccc(OCc2ccccc2)cc1)Nc1ccccc1I. The standard InChI is InChI=1S/C22H18INO4/c23-19-8-4-5-9-20(19)24-21(25)15-28-22(26)17-10-12-18(13-11-17)27-14-16-6-2-1-3-7-16/h1-13H,14-15H2,(H,24,25). The van der Waals surface area contributed by atoms with Crippen molar-refractivity contribution in [1.29, 1.82) is 0 Å². The number of anilines is 1. The lowest BCUT2D eigenvalue weighted by molar-refractivity contribution is -0.119. The van der Waals surface area contributed by atoms with Gasteiger partial charge in [0.1, 0.15) is 12.4 Å². The maximum absolute atomic E-state index is 12.1. The van der Waals surface area contributed by atoms with Gasteiger partial charge in [0.05, 0.1) is 11.3 Å². The molecule has 142 valence electrons. The number of para-hydroxylation sites is 1. The molecule has 1 amide bonds. The Morgan fingerprint density at radius 3 is 2.25 bits per heavy atom. The summed E-state index contributed by atoms with van der Waals surface area (Å²) in [5.41, 5.74) is 2.10. The van der Waals surface area contributed by atoms with E-state index in [0.29, 0.717) is 23.6 Å². The van der Waals surface area contributed by atoms with Gasteiger partial charge < -0.3 is 14.8 Å². The molecule has 0 heterocycles. The minimum atomic E-state index is -0.562. The quantitative estimate of drug-likeness (QED) is 0.389. The van der Waals surface area contributed by atoms with Crippen LogP contribution >= 0.6 is 22.6 Å². The van der Waals surface area contributed by atoms with Crippen molar-refractivity contribution in [2.45, 2.75) is 6.61 Å². The fraction of sp³-hybridized carbons (Fsp3) is 0.0909. The Labute approximate surface area is 176 Å². The molecular formula is C22H18INO4. The molecule has 0 aromatic heterocycles. The monoisotopic (exact) mass is 487 g/mol. The highest BCUT2D eigenvalue weighted by Gasteiger charge is 2.11. The number of hydrogen-bond acceptors (Lipinski definition) is 4. The molecule has 0 aliphatic rings. The van der Waals surface area contributed by atoms with Gasteiger partial charge in [-0.25, -0.2) is 4.79 Å². The molecule has 6 heteroatoms. The molecule has 28 heavy (non-hydrogen) atoms. The number of amides is 1. The molecule has 3 aromatic rings. The van der Waals surface area contributed by atoms with Crippen LogP contribution in [0.4, 0.5) is 5.69 Å². The topological polar surface area (TPSA) is 64.6 Å². The van der Waals surface area contributed by atoms with E-state index < -0.39 is 5.97 Å². The summed E-state index contributed by atoms with van der Waals surface area (Å²) in [5, 5.41) is 2.71. The molecule has 1 N–H and O–H groups in total. The predicted octanol–water partition coefficient (Wildman–Crippen LogP) is 4.67. The van der Waals surface area contributed by atoms with E-state index in [-0.39, 0.29) is 12.5 Å². The van der Waals surface area contributed by atoms with E-state index in [1.807, 2.05) is 48.5 Å². The van der Waals surface area contributed by atoms with Crippen molar-refractivity contribution in [2.75, 3.05) is 11.9 Å². The Morgan fingerprint density at radius 1 is 0.857 bits per heavy atom. The van der Waals surface area contributed by atoms with Crippen LogP contribution in [-0.2, 0) is 16.1 Å². The summed E-state index contributed by atoms with van der Waals surface area (Å²) in [6, 6.07) is 23.8. The summed E-state index contributed by atoms with van der Waals surface area (Å²) < 4.78 is 11.7. The zero-order chi connectivity index (χ0) is 19.8. The van der Waals surface area contributed by atoms with Crippen molar-refractivity contribution in [1.82, 2.24) is 0 Å². The van der Waals surface area contributed by atoms with Gasteiger partial charge in [-0.3, -0.25) is 4.79 Å². The molecule has 0 saturated heterocycles. The van der Waals surface area contributed by atoms with Crippen LogP contribution in [0.5, 0.6) is 5.75 Å². The summed E-state index contributed by atoms with van der Waals surface area (Å²) in [6.07, 6.45) is 0. The highest BCUT2D eigenvalue weighted by molar-refractivity contribution is 14.1. The maximum atomic E-state index is 12.1. The average Bonchev–Trinajstić information content (AvgIpc) is 2.73. The van der Waals surface area contributed by atoms with Crippen LogP contribution in [0.25, 0.3) is 0 Å². The van der Waals surface area contributed by atoms with Gasteiger partial charge in [0, 0.05) is 3.57 Å². The highest BCUT2D eigenvalue weighted by atomic mass is 127. The van der Waals surface area contributed by atoms with Crippen molar-refractivity contribution in [3.63, 3.8) is 0 Å². The first-order valence-electron chi connectivity index (χ1n) is 8.60. The number of halogens is 1. The van der Waals surface area contributed by atoms with E-state index in [0.717, 1.165) is 9.13 Å². The third kappa shape index (κ3) is 5.82. The first-order chi connectivity index (χ1) is 13.6. The Balaban J connectivity index is 1.47. The molecule has 3 aromatic carbocycles. The third-order valence-corrected chi connectivity index (χ3v) is 4.76. The van der Waals surface area contributed by atoms with Gasteiger partial charge in [-0.05, 0) is 64.6 Å². The number of esters is 1. The molecule has 0 bridgehead atoms. The molecule has 0 fully saturated rings. The van der Waals surface area contributed by atoms with Gasteiger partial charge in [0.15, 0.2) is 6.61 Å². The molecule has 5 nitrogen and oxygen atoms in total. The average molecular weight is 487 g/mol. The summed E-state index contributed by atoms with van der Waals surface area (Å²) in [6.45, 7) is 0.0964. The molecule has 0 atom stereocenters. The molecule has 0 aliphatic heterocycles. The molecule has 0 saturated carbocycles. The fourth-order valence-electron chi connectivity index (χ4n) is 2.39. The zero-order valence-electron chi connectivity index (χ0n) is 14.9. The van der Waals surface area contributed by atoms with Gasteiger partial charge in [-0.2, -0.15) is 0 Å². The van der Waals surface area contributed by atoms with Gasteiger partial charge in [0.25, 0.3) is 5.91 Å². The van der Waals surface area contributed by atoms with Gasteiger partial charge in [-0.1, -0.05) is 42.5 Å². The molecule has 3 rings (SSSR count). The second kappa shape index (κ2) is 9.89. The number of nitrogens with one attached hydrogen (secondary N) is 1. The maximum Gasteiger partial charge on any atom is 0.338 e. The summed E-state index contributed by atoms with van der Waals surface area (Å²) in [5.74, 6) is -0.301. The lowest BCUT2D eigenvalue weighted by atomic mass is 10.2. The first-order valence-corrected chi connectivity index (χ1v) is 9.68. The van der Waals surface area contributed by atoms with Crippen LogP contribution < -0.4 is 10.1 Å². The Hall–Kier alpha value is -2.87. The van der Waals surface area contributed by atoms with E-state index in [9.17, 15) is 9.59 Å². The number of hydrogen-bond donors (Lipinski definition) is 1. The van der Waals surface area contributed by atoms with Crippen molar-refractivity contribution in [3.8, 4) is 5.75 Å². The van der Waals surface area contributed by atoms with Crippen molar-refractivity contribution in [2.24, 2.45) is 0 Å². The number of benzene rings is 3. The molecule has 0 radical (unpaired) electrons. The summed E-state index contributed by atoms with van der Waals surface area (Å²) >= 11 is 2.12. The van der Waals surface area contributed by atoms with E-state index in [4.69, 9.17) is 9.47 Å². The van der Waals surface area contributed by atoms with Crippen molar-refractivity contribution >= 4 is 40.2 Å². The van der Waals surface area contributed by atoms with Gasteiger partial charge in [0.2, 0.25) is 0 Å². The fourth-order valence-corrected chi connectivity index (χ4v) is 2.91. The number of ether oxygens (including phenoxy) is 2. The minimum absolute atomic E-state index is 0.351. The van der Waals surface area contributed by atoms with Gasteiger partial charge >= 0.3 is 5.97 Å². The molecule has 0 spiro atoms. The lowest BCUT2D eigenvalue weighted by Gasteiger charge is -2.09. The van der Waals surface area contributed by atoms with E-state index in [1.165, 1.54) is 0 Å². The Bertz CT molecular complexity index is 942. The lowest BCUT2D eigenvalue weighted by Crippen LogP contribution is -2.21. The summed E-state index contributed by atoms with van der Waals surface area (Å²) in [7, 11) is 0. The minimum Gasteiger partial charge on any atom is -0.489 e. The Morgan fingerprint density at radius 2 is 1.54 bits per heavy atom. The Kier molecular flexibility index (Phi) is 7.02. The van der Waals surface area contributed by atoms with Crippen molar-refractivity contribution < 1.29 is 19.1 Å². The first kappa shape index (κ1) is 19.9. The number of carbonyl (C=O) groups excluding carboxylic acids is 2. The second-order valence-electron chi connectivity index (χ2n) is 5.90. The van der Waals surface area contributed by atoms with Crippen LogP contribution in [0.2, 0.25) is 0 Å². The van der Waals surface area contributed by atoms with E-state index >= 15 is 0 Å². The predicted molar refractivity (Wildman–Crippen MR) is 115 cm³/mol. The second-order valence-corrected chi connectivity index (χ2v) is 7.06. The zero-order valence-corrected chi connectivity index (χ0v) is 17.1. The normalized spacial score (nSPS) is 10.2. The third-order valence-electron chi connectivity index (χ3n) is 3.82. The van der Waals surface area contributed by atoms with Crippen LogP contribution in [0.15, 0.2) is 78.9 Å². The van der Waals surface area contributed by atoms with E-state index in [2.05, 4.69) is 27.9 Å². The number of rotatable bonds is 7. The number of carbonyl (C=O) groups is 2. The molecule has 0 unspecified atom stereocenters. The van der Waals surface area contributed by atoms with Crippen LogP contribution in [0, 0.1) is 3.57 Å². The van der Waals surface area contributed by atoms with Crippen LogP contribution in [-0.4, -0.2) is 18.5 Å². The van der Waals surface area contributed by atoms with E-state index in [1.54, 1.807) is 30.3 Å². The van der Waals surface area contributed by atoms with Gasteiger partial charge in [-0.15, -0.1) is 0 Å². The molecular weight excluding hydrogens is 469 g/mol. The highest BCUT2D eigenvalue weighted by Crippen LogP contribution is 2.17. The van der Waals surface area contributed by atoms with Crippen molar-refractivity contribution in [3.05, 3.63) is 93.6 Å². The largest absolute Gasteiger partial charge is 0.489 e. The summed E-state index contributed by atoms with van der Waals surface area (Å²) in [4.78, 5) is 24.1. The molecule has 0 aliphatic carbocycles.